The fourth-order valence-electron chi connectivity index (χ4n) is 3.32. The molecular weight excluding hydrogens is 488 g/mol. The normalized spacial score (nSPS) is 13.8. The molecule has 1 aromatic carbocycles. The zero-order chi connectivity index (χ0) is 25.6. The number of nitrogens with zero attached hydrogens (tertiary/aromatic N) is 3. The Balaban J connectivity index is 1.75. The molecule has 36 heavy (non-hydrogen) atoms. The number of unbranched alkanes of at least 4 members (excludes halogenated alkanes) is 1. The maximum absolute atomic E-state index is 6.47. The molecule has 0 aliphatic heterocycles. The van der Waals surface area contributed by atoms with Crippen LogP contribution < -0.4 is 5.73 Å². The lowest BCUT2D eigenvalue weighted by atomic mass is 10.1. The number of aromatic amines is 2. The van der Waals surface area contributed by atoms with Gasteiger partial charge >= 0.3 is 0 Å². The summed E-state index contributed by atoms with van der Waals surface area (Å²) in [6.07, 6.45) is 2.81. The number of aromatic nitrogens is 4. The summed E-state index contributed by atoms with van der Waals surface area (Å²) >= 11 is 6.17. The first-order valence-electron chi connectivity index (χ1n) is 12.1. The Hall–Kier alpha value is -2.54. The SMILES string of the molecule is CCCCOC(=NC(OCOCCOCCOCC)C(N)c1n[nH]nc1Cl)c1c[nH]c2ccccc12. The van der Waals surface area contributed by atoms with Gasteiger partial charge in [0.05, 0.1) is 44.6 Å². The van der Waals surface area contributed by atoms with Crippen molar-refractivity contribution in [1.29, 1.82) is 0 Å². The fraction of sp³-hybridized carbons (Fsp3) is 0.542. The average molecular weight is 523 g/mol. The predicted molar refractivity (Wildman–Crippen MR) is 137 cm³/mol. The Bertz CT molecular complexity index is 1060. The van der Waals surface area contributed by atoms with E-state index < -0.39 is 12.3 Å². The van der Waals surface area contributed by atoms with Crippen LogP contribution in [0.25, 0.3) is 10.9 Å². The second kappa shape index (κ2) is 15.5. The molecule has 0 bridgehead atoms. The van der Waals surface area contributed by atoms with E-state index in [1.54, 1.807) is 0 Å². The van der Waals surface area contributed by atoms with E-state index in [1.165, 1.54) is 0 Å². The van der Waals surface area contributed by atoms with Gasteiger partial charge in [0, 0.05) is 23.7 Å². The molecule has 4 N–H and O–H groups in total. The quantitative estimate of drug-likeness (QED) is 0.106. The highest BCUT2D eigenvalue weighted by Crippen LogP contribution is 2.24. The second-order valence-electron chi connectivity index (χ2n) is 7.80. The van der Waals surface area contributed by atoms with Gasteiger partial charge in [0.25, 0.3) is 0 Å². The zero-order valence-corrected chi connectivity index (χ0v) is 21.5. The van der Waals surface area contributed by atoms with Crippen molar-refractivity contribution in [3.8, 4) is 0 Å². The number of aliphatic imine (C=N–C) groups is 1. The molecule has 0 aliphatic carbocycles. The number of nitrogens with two attached hydrogens (primary N) is 1. The zero-order valence-electron chi connectivity index (χ0n) is 20.7. The van der Waals surface area contributed by atoms with Crippen LogP contribution in [-0.2, 0) is 23.7 Å². The summed E-state index contributed by atoms with van der Waals surface area (Å²) in [5, 5.41) is 11.5. The minimum absolute atomic E-state index is 0.0672. The highest BCUT2D eigenvalue weighted by Gasteiger charge is 2.27. The van der Waals surface area contributed by atoms with Crippen molar-refractivity contribution < 1.29 is 23.7 Å². The number of H-pyrrole nitrogens is 2. The first-order chi connectivity index (χ1) is 17.7. The van der Waals surface area contributed by atoms with Gasteiger partial charge in [-0.1, -0.05) is 43.1 Å². The number of fused-ring (bicyclic) bond motifs is 1. The molecule has 0 saturated carbocycles. The Morgan fingerprint density at radius 1 is 1.06 bits per heavy atom. The van der Waals surface area contributed by atoms with Crippen molar-refractivity contribution in [3.63, 3.8) is 0 Å². The second-order valence-corrected chi connectivity index (χ2v) is 8.16. The van der Waals surface area contributed by atoms with Crippen molar-refractivity contribution in [2.24, 2.45) is 10.7 Å². The van der Waals surface area contributed by atoms with E-state index in [-0.39, 0.29) is 11.9 Å². The van der Waals surface area contributed by atoms with Crippen molar-refractivity contribution in [1.82, 2.24) is 20.4 Å². The van der Waals surface area contributed by atoms with E-state index in [0.29, 0.717) is 51.2 Å². The van der Waals surface area contributed by atoms with Gasteiger partial charge in [0.2, 0.25) is 5.90 Å². The van der Waals surface area contributed by atoms with Crippen LogP contribution in [-0.4, -0.2) is 79.0 Å². The number of hydrogen-bond acceptors (Lipinski definition) is 9. The molecule has 0 spiro atoms. The summed E-state index contributed by atoms with van der Waals surface area (Å²) in [6, 6.07) is 7.09. The number of halogens is 1. The smallest absolute Gasteiger partial charge is 0.220 e. The van der Waals surface area contributed by atoms with Gasteiger partial charge in [0.1, 0.15) is 12.5 Å². The highest BCUT2D eigenvalue weighted by atomic mass is 35.5. The van der Waals surface area contributed by atoms with Crippen molar-refractivity contribution in [3.05, 3.63) is 46.9 Å². The molecule has 12 heteroatoms. The highest BCUT2D eigenvalue weighted by molar-refractivity contribution is 6.30. The van der Waals surface area contributed by atoms with Crippen LogP contribution >= 0.6 is 11.6 Å². The van der Waals surface area contributed by atoms with Gasteiger partial charge in [0.15, 0.2) is 11.4 Å². The molecule has 0 saturated heterocycles. The summed E-state index contributed by atoms with van der Waals surface area (Å²) in [4.78, 5) is 8.02. The maximum Gasteiger partial charge on any atom is 0.220 e. The van der Waals surface area contributed by atoms with Gasteiger partial charge in [-0.25, -0.2) is 4.99 Å². The van der Waals surface area contributed by atoms with Crippen LogP contribution in [0.1, 0.15) is 44.0 Å². The van der Waals surface area contributed by atoms with Crippen LogP contribution in [0.3, 0.4) is 0 Å². The number of hydrogen-bond donors (Lipinski definition) is 3. The van der Waals surface area contributed by atoms with E-state index in [2.05, 4.69) is 27.3 Å². The monoisotopic (exact) mass is 522 g/mol. The summed E-state index contributed by atoms with van der Waals surface area (Å²) in [5.41, 5.74) is 8.57. The van der Waals surface area contributed by atoms with Crippen LogP contribution in [0, 0.1) is 0 Å². The number of benzene rings is 1. The van der Waals surface area contributed by atoms with E-state index in [1.807, 2.05) is 37.4 Å². The van der Waals surface area contributed by atoms with Gasteiger partial charge in [-0.15, -0.1) is 5.10 Å². The molecule has 2 atom stereocenters. The average Bonchev–Trinajstić information content (AvgIpc) is 3.52. The lowest BCUT2D eigenvalue weighted by Crippen LogP contribution is -2.31. The van der Waals surface area contributed by atoms with E-state index in [9.17, 15) is 0 Å². The molecule has 198 valence electrons. The van der Waals surface area contributed by atoms with Crippen LogP contribution in [0.5, 0.6) is 0 Å². The third-order valence-corrected chi connectivity index (χ3v) is 5.50. The lowest BCUT2D eigenvalue weighted by molar-refractivity contribution is -0.105. The Morgan fingerprint density at radius 3 is 2.58 bits per heavy atom. The number of para-hydroxylation sites is 1. The van der Waals surface area contributed by atoms with E-state index in [0.717, 1.165) is 29.3 Å². The van der Waals surface area contributed by atoms with E-state index in [4.69, 9.17) is 46.0 Å². The lowest BCUT2D eigenvalue weighted by Gasteiger charge is -2.21. The van der Waals surface area contributed by atoms with Gasteiger partial charge in [-0.3, -0.25) is 0 Å². The molecule has 2 heterocycles. The fourth-order valence-corrected chi connectivity index (χ4v) is 3.52. The first kappa shape index (κ1) is 28.0. The Kier molecular flexibility index (Phi) is 12.1. The molecule has 2 unspecified atom stereocenters. The Morgan fingerprint density at radius 2 is 1.83 bits per heavy atom. The Labute approximate surface area is 215 Å². The molecule has 0 aliphatic rings. The summed E-state index contributed by atoms with van der Waals surface area (Å²) in [6.45, 7) is 6.92. The summed E-state index contributed by atoms with van der Waals surface area (Å²) in [7, 11) is 0. The third kappa shape index (κ3) is 8.26. The van der Waals surface area contributed by atoms with Crippen molar-refractivity contribution in [2.75, 3.05) is 46.4 Å². The number of rotatable bonds is 17. The van der Waals surface area contributed by atoms with E-state index >= 15 is 0 Å². The minimum atomic E-state index is -0.906. The maximum atomic E-state index is 6.47. The molecule has 3 aromatic rings. The van der Waals surface area contributed by atoms with Crippen molar-refractivity contribution >= 4 is 28.4 Å². The van der Waals surface area contributed by atoms with Gasteiger partial charge < -0.3 is 34.4 Å². The molecule has 0 radical (unpaired) electrons. The summed E-state index contributed by atoms with van der Waals surface area (Å²) < 4.78 is 28.3. The third-order valence-electron chi connectivity index (χ3n) is 5.22. The number of ether oxygens (including phenoxy) is 5. The van der Waals surface area contributed by atoms with Crippen molar-refractivity contribution in [2.45, 2.75) is 39.0 Å². The number of nitrogens with one attached hydrogen (secondary N) is 2. The van der Waals surface area contributed by atoms with Crippen LogP contribution in [0.15, 0.2) is 35.5 Å². The first-order valence-corrected chi connectivity index (χ1v) is 12.5. The minimum Gasteiger partial charge on any atom is -0.477 e. The topological polar surface area (TPSA) is 142 Å². The molecule has 3 rings (SSSR count). The standard InChI is InChI=1S/C24H35ClN6O5/c1-3-5-10-35-23(18-15-27-19-9-7-6-8-17(18)19)28-24(20(26)21-22(25)30-31-29-21)36-16-34-14-13-33-12-11-32-4-2/h6-9,15,20,24,27H,3-5,10-14,16,26H2,1-2H3,(H,29,30,31). The molecule has 11 nitrogen and oxygen atoms in total. The molecule has 0 fully saturated rings. The summed E-state index contributed by atoms with van der Waals surface area (Å²) in [5.74, 6) is 0.403. The van der Waals surface area contributed by atoms with Gasteiger partial charge in [-0.2, -0.15) is 10.3 Å². The predicted octanol–water partition coefficient (Wildman–Crippen LogP) is 3.57. The van der Waals surface area contributed by atoms with Gasteiger partial charge in [-0.05, 0) is 19.4 Å². The van der Waals surface area contributed by atoms with Crippen LogP contribution in [0.4, 0.5) is 0 Å². The molecular formula is C24H35ClN6O5. The molecule has 0 amide bonds. The molecule has 2 aromatic heterocycles. The largest absolute Gasteiger partial charge is 0.477 e. The van der Waals surface area contributed by atoms with Crippen LogP contribution in [0.2, 0.25) is 5.15 Å².